The van der Waals surface area contributed by atoms with E-state index in [-0.39, 0.29) is 5.91 Å². The molecule has 1 aliphatic heterocycles. The molecule has 0 aliphatic carbocycles. The first kappa shape index (κ1) is 22.7. The van der Waals surface area contributed by atoms with Gasteiger partial charge in [-0.25, -0.2) is 0 Å². The van der Waals surface area contributed by atoms with Crippen LogP contribution in [-0.2, 0) is 11.4 Å². The second-order valence-corrected chi connectivity index (χ2v) is 8.63. The Balaban J connectivity index is 1.88. The van der Waals surface area contributed by atoms with E-state index in [1.165, 1.54) is 11.8 Å². The summed E-state index contributed by atoms with van der Waals surface area (Å²) in [6.45, 7) is 8.13. The number of benzene rings is 2. The Bertz CT molecular complexity index is 960. The summed E-state index contributed by atoms with van der Waals surface area (Å²) in [5.74, 6) is 1.39. The molecule has 2 aromatic carbocycles. The van der Waals surface area contributed by atoms with E-state index in [4.69, 9.17) is 9.47 Å². The van der Waals surface area contributed by atoms with Gasteiger partial charge in [-0.05, 0) is 84.5 Å². The molecule has 0 spiro atoms. The molecular weight excluding hydrogens is 511 g/mol. The van der Waals surface area contributed by atoms with E-state index >= 15 is 0 Å². The lowest BCUT2D eigenvalue weighted by Crippen LogP contribution is -2.28. The van der Waals surface area contributed by atoms with Crippen LogP contribution in [0.4, 0.5) is 0 Å². The SMILES string of the molecule is CCN=C1S/C(=C/c2cc(I)c(OCc3ccccc3)c(OCC)c2)C(=O)N1CC. The van der Waals surface area contributed by atoms with Crippen molar-refractivity contribution in [2.45, 2.75) is 27.4 Å². The number of halogens is 1. The lowest BCUT2D eigenvalue weighted by atomic mass is 10.1. The van der Waals surface area contributed by atoms with Crippen LogP contribution >= 0.6 is 34.4 Å². The van der Waals surface area contributed by atoms with Gasteiger partial charge in [0.25, 0.3) is 5.91 Å². The van der Waals surface area contributed by atoms with E-state index in [0.29, 0.717) is 37.0 Å². The molecule has 1 fully saturated rings. The van der Waals surface area contributed by atoms with E-state index in [1.54, 1.807) is 4.90 Å². The molecule has 1 saturated heterocycles. The highest BCUT2D eigenvalue weighted by Gasteiger charge is 2.31. The number of rotatable bonds is 8. The number of amidine groups is 1. The summed E-state index contributed by atoms with van der Waals surface area (Å²) in [4.78, 5) is 19.6. The molecule has 2 aromatic rings. The predicted molar refractivity (Wildman–Crippen MR) is 132 cm³/mol. The summed E-state index contributed by atoms with van der Waals surface area (Å²) in [6.07, 6.45) is 1.90. The fourth-order valence-electron chi connectivity index (χ4n) is 3.00. The van der Waals surface area contributed by atoms with Crippen LogP contribution in [0.5, 0.6) is 11.5 Å². The number of carbonyl (C=O) groups is 1. The van der Waals surface area contributed by atoms with E-state index in [9.17, 15) is 4.79 Å². The number of ether oxygens (including phenoxy) is 2. The second kappa shape index (κ2) is 10.9. The van der Waals surface area contributed by atoms with Crippen LogP contribution < -0.4 is 9.47 Å². The minimum absolute atomic E-state index is 0.00734. The number of hydrogen-bond donors (Lipinski definition) is 0. The zero-order valence-electron chi connectivity index (χ0n) is 17.4. The molecule has 5 nitrogen and oxygen atoms in total. The molecule has 3 rings (SSSR count). The second-order valence-electron chi connectivity index (χ2n) is 6.45. The summed E-state index contributed by atoms with van der Waals surface area (Å²) in [6, 6.07) is 14.0. The van der Waals surface area contributed by atoms with Crippen LogP contribution in [0.25, 0.3) is 6.08 Å². The van der Waals surface area contributed by atoms with Gasteiger partial charge in [-0.1, -0.05) is 30.3 Å². The monoisotopic (exact) mass is 536 g/mol. The molecule has 1 heterocycles. The van der Waals surface area contributed by atoms with Crippen molar-refractivity contribution in [2.75, 3.05) is 19.7 Å². The molecule has 0 N–H and O–H groups in total. The van der Waals surface area contributed by atoms with E-state index in [1.807, 2.05) is 69.3 Å². The first-order valence-corrected chi connectivity index (χ1v) is 11.9. The zero-order chi connectivity index (χ0) is 21.5. The third kappa shape index (κ3) is 5.37. The number of nitrogens with zero attached hydrogens (tertiary/aromatic N) is 2. The van der Waals surface area contributed by atoms with Crippen molar-refractivity contribution in [3.8, 4) is 11.5 Å². The van der Waals surface area contributed by atoms with Gasteiger partial charge in [0.1, 0.15) is 6.61 Å². The van der Waals surface area contributed by atoms with E-state index < -0.39 is 0 Å². The molecule has 0 unspecified atom stereocenters. The predicted octanol–water partition coefficient (Wildman–Crippen LogP) is 5.58. The molecule has 1 aliphatic rings. The fourth-order valence-corrected chi connectivity index (χ4v) is 4.88. The van der Waals surface area contributed by atoms with Gasteiger partial charge >= 0.3 is 0 Å². The van der Waals surface area contributed by atoms with Crippen molar-refractivity contribution in [1.82, 2.24) is 4.90 Å². The number of hydrogen-bond acceptors (Lipinski definition) is 5. The summed E-state index contributed by atoms with van der Waals surface area (Å²) < 4.78 is 12.9. The largest absolute Gasteiger partial charge is 0.490 e. The van der Waals surface area contributed by atoms with Crippen molar-refractivity contribution in [3.05, 3.63) is 62.1 Å². The first-order valence-electron chi connectivity index (χ1n) is 9.96. The van der Waals surface area contributed by atoms with Crippen LogP contribution in [0.2, 0.25) is 0 Å². The van der Waals surface area contributed by atoms with Gasteiger partial charge in [-0.2, -0.15) is 0 Å². The molecule has 0 aromatic heterocycles. The molecule has 0 saturated carbocycles. The van der Waals surface area contributed by atoms with E-state index in [2.05, 4.69) is 27.6 Å². The standard InChI is InChI=1S/C23H25IN2O3S/c1-4-25-23-26(5-2)22(27)20(30-23)14-17-12-18(24)21(19(13-17)28-6-3)29-15-16-10-8-7-9-11-16/h7-14H,4-6,15H2,1-3H3/b20-14+,25-23?. The Hall–Kier alpha value is -2.00. The van der Waals surface area contributed by atoms with Crippen molar-refractivity contribution in [3.63, 3.8) is 0 Å². The van der Waals surface area contributed by atoms with Gasteiger partial charge < -0.3 is 9.47 Å². The highest BCUT2D eigenvalue weighted by molar-refractivity contribution is 14.1. The maximum atomic E-state index is 12.7. The third-order valence-corrected chi connectivity index (χ3v) is 6.20. The van der Waals surface area contributed by atoms with Crippen LogP contribution in [0, 0.1) is 3.57 Å². The minimum Gasteiger partial charge on any atom is -0.490 e. The van der Waals surface area contributed by atoms with Gasteiger partial charge in [0.2, 0.25) is 0 Å². The Morgan fingerprint density at radius 3 is 2.57 bits per heavy atom. The molecule has 1 amide bonds. The summed E-state index contributed by atoms with van der Waals surface area (Å²) in [5.41, 5.74) is 2.00. The molecule has 30 heavy (non-hydrogen) atoms. The minimum atomic E-state index is -0.00734. The lowest BCUT2D eigenvalue weighted by Gasteiger charge is -2.15. The summed E-state index contributed by atoms with van der Waals surface area (Å²) in [5, 5.41) is 0.763. The maximum absolute atomic E-state index is 12.7. The molecule has 158 valence electrons. The van der Waals surface area contributed by atoms with E-state index in [0.717, 1.165) is 25.6 Å². The van der Waals surface area contributed by atoms with Crippen LogP contribution in [0.15, 0.2) is 52.4 Å². The Labute approximate surface area is 195 Å². The quantitative estimate of drug-likeness (QED) is 0.327. The highest BCUT2D eigenvalue weighted by Crippen LogP contribution is 2.38. The molecular formula is C23H25IN2O3S. The fraction of sp³-hybridized carbons (Fsp3) is 0.304. The number of carbonyl (C=O) groups excluding carboxylic acids is 1. The van der Waals surface area contributed by atoms with Gasteiger partial charge in [-0.15, -0.1) is 0 Å². The van der Waals surface area contributed by atoms with Crippen LogP contribution in [0.1, 0.15) is 31.9 Å². The number of thioether (sulfide) groups is 1. The number of aliphatic imine (C=N–C) groups is 1. The Morgan fingerprint density at radius 2 is 1.90 bits per heavy atom. The summed E-state index contributed by atoms with van der Waals surface area (Å²) >= 11 is 3.68. The van der Waals surface area contributed by atoms with Gasteiger partial charge in [-0.3, -0.25) is 14.7 Å². The van der Waals surface area contributed by atoms with Gasteiger partial charge in [0.15, 0.2) is 16.7 Å². The van der Waals surface area contributed by atoms with Crippen molar-refractivity contribution in [1.29, 1.82) is 0 Å². The maximum Gasteiger partial charge on any atom is 0.266 e. The van der Waals surface area contributed by atoms with Crippen molar-refractivity contribution >= 4 is 51.5 Å². The topological polar surface area (TPSA) is 51.1 Å². The lowest BCUT2D eigenvalue weighted by molar-refractivity contribution is -0.122. The van der Waals surface area contributed by atoms with Gasteiger partial charge in [0, 0.05) is 13.1 Å². The number of likely N-dealkylation sites (N-methyl/N-ethyl adjacent to an activating group) is 1. The van der Waals surface area contributed by atoms with Crippen molar-refractivity contribution < 1.29 is 14.3 Å². The molecule has 0 radical (unpaired) electrons. The average Bonchev–Trinajstić information content (AvgIpc) is 3.03. The smallest absolute Gasteiger partial charge is 0.266 e. The van der Waals surface area contributed by atoms with Gasteiger partial charge in [0.05, 0.1) is 15.1 Å². The zero-order valence-corrected chi connectivity index (χ0v) is 20.3. The summed E-state index contributed by atoms with van der Waals surface area (Å²) in [7, 11) is 0. The van der Waals surface area contributed by atoms with Crippen molar-refractivity contribution in [2.24, 2.45) is 4.99 Å². The van der Waals surface area contributed by atoms with Crippen LogP contribution in [-0.4, -0.2) is 35.7 Å². The average molecular weight is 536 g/mol. The first-order chi connectivity index (χ1) is 14.6. The molecule has 0 bridgehead atoms. The van der Waals surface area contributed by atoms with Crippen LogP contribution in [0.3, 0.4) is 0 Å². The number of amides is 1. The Kier molecular flexibility index (Phi) is 8.21. The Morgan fingerprint density at radius 1 is 1.13 bits per heavy atom. The highest BCUT2D eigenvalue weighted by atomic mass is 127. The normalized spacial score (nSPS) is 16.5. The molecule has 0 atom stereocenters. The molecule has 7 heteroatoms. The third-order valence-electron chi connectivity index (χ3n) is 4.35.